The maximum atomic E-state index is 9.32. The molecule has 0 spiro atoms. The van der Waals surface area contributed by atoms with Crippen LogP contribution in [0.1, 0.15) is 5.56 Å². The topological polar surface area (TPSA) is 77.8 Å². The first-order valence-corrected chi connectivity index (χ1v) is 5.66. The van der Waals surface area contributed by atoms with Gasteiger partial charge in [0, 0.05) is 0 Å². The molecule has 0 fully saturated rings. The van der Waals surface area contributed by atoms with Gasteiger partial charge in [-0.05, 0) is 22.2 Å². The molecule has 0 radical (unpaired) electrons. The Morgan fingerprint density at radius 3 is 2.16 bits per heavy atom. The Bertz CT molecular complexity index is 514. The molecule has 98 valence electrons. The lowest BCUT2D eigenvalue weighted by atomic mass is 9.78. The highest BCUT2D eigenvalue weighted by molar-refractivity contribution is 6.58. The summed E-state index contributed by atoms with van der Waals surface area (Å²) in [6.07, 6.45) is 0. The van der Waals surface area contributed by atoms with Crippen molar-refractivity contribution in [2.45, 2.75) is 6.61 Å². The van der Waals surface area contributed by atoms with E-state index in [-0.39, 0.29) is 6.61 Å². The van der Waals surface area contributed by atoms with Crippen LogP contribution in [0, 0.1) is 0 Å². The van der Waals surface area contributed by atoms with Crippen LogP contribution >= 0.6 is 0 Å². The third-order valence-electron chi connectivity index (χ3n) is 2.68. The molecule has 0 atom stereocenters. The quantitative estimate of drug-likeness (QED) is 0.694. The van der Waals surface area contributed by atoms with E-state index < -0.39 is 7.12 Å². The van der Waals surface area contributed by atoms with E-state index in [9.17, 15) is 5.11 Å². The van der Waals surface area contributed by atoms with E-state index in [1.807, 2.05) is 37.1 Å². The van der Waals surface area contributed by atoms with Crippen LogP contribution in [0.3, 0.4) is 0 Å². The highest BCUT2D eigenvalue weighted by Gasteiger charge is 2.13. The van der Waals surface area contributed by atoms with Gasteiger partial charge in [-0.1, -0.05) is 48.5 Å². The summed E-state index contributed by atoms with van der Waals surface area (Å²) in [5, 5.41) is 27.5. The molecule has 0 aromatic heterocycles. The number of aliphatic hydroxyl groups excluding tert-OH is 1. The Hall–Kier alpha value is -1.95. The fraction of sp³-hybridized carbons (Fsp3) is 0.0714. The monoisotopic (exact) mass is 258 g/mol. The summed E-state index contributed by atoms with van der Waals surface area (Å²) in [6.45, 7) is 1.87. The molecule has 0 amide bonds. The van der Waals surface area contributed by atoms with Crippen molar-refractivity contribution in [3.8, 4) is 11.1 Å². The Morgan fingerprint density at radius 1 is 1.00 bits per heavy atom. The van der Waals surface area contributed by atoms with Crippen LogP contribution in [-0.2, 0) is 11.4 Å². The first kappa shape index (κ1) is 15.1. The van der Waals surface area contributed by atoms with Crippen LogP contribution in [0.25, 0.3) is 11.1 Å². The van der Waals surface area contributed by atoms with Gasteiger partial charge in [-0.2, -0.15) is 0 Å². The van der Waals surface area contributed by atoms with Gasteiger partial charge in [-0.25, -0.2) is 0 Å². The zero-order valence-electron chi connectivity index (χ0n) is 10.4. The standard InChI is InChI=1S/C13H13BO3.CH2O/c15-9-11-8-12(14(16)17)6-7-13(11)10-4-2-1-3-5-10;1-2/h1-8,15-17H,9H2;1H2. The molecule has 0 aliphatic heterocycles. The highest BCUT2D eigenvalue weighted by Crippen LogP contribution is 2.22. The molecule has 3 N–H and O–H groups in total. The number of carbonyl (C=O) groups excluding carboxylic acids is 1. The van der Waals surface area contributed by atoms with E-state index in [2.05, 4.69) is 0 Å². The van der Waals surface area contributed by atoms with Crippen molar-refractivity contribution in [2.75, 3.05) is 0 Å². The maximum Gasteiger partial charge on any atom is 0.488 e. The smallest absolute Gasteiger partial charge is 0.423 e. The Balaban J connectivity index is 0.000000861. The fourth-order valence-electron chi connectivity index (χ4n) is 1.80. The van der Waals surface area contributed by atoms with Gasteiger partial charge < -0.3 is 19.9 Å². The SMILES string of the molecule is C=O.OCc1cc(B(O)O)ccc1-c1ccccc1. The van der Waals surface area contributed by atoms with E-state index in [1.165, 1.54) is 0 Å². The molecular formula is C14H15BO4. The third kappa shape index (κ3) is 3.76. The van der Waals surface area contributed by atoms with Crippen LogP contribution in [0.15, 0.2) is 48.5 Å². The molecule has 0 bridgehead atoms. The minimum atomic E-state index is -1.51. The summed E-state index contributed by atoms with van der Waals surface area (Å²) in [4.78, 5) is 8.00. The van der Waals surface area contributed by atoms with Crippen molar-refractivity contribution < 1.29 is 19.9 Å². The summed E-state index contributed by atoms with van der Waals surface area (Å²) >= 11 is 0. The molecule has 2 aromatic carbocycles. The van der Waals surface area contributed by atoms with Gasteiger partial charge in [-0.15, -0.1) is 0 Å². The minimum absolute atomic E-state index is 0.134. The van der Waals surface area contributed by atoms with E-state index in [1.54, 1.807) is 18.2 Å². The Kier molecular flexibility index (Phi) is 5.95. The second-order valence-corrected chi connectivity index (χ2v) is 3.81. The van der Waals surface area contributed by atoms with Crippen LogP contribution in [-0.4, -0.2) is 29.1 Å². The van der Waals surface area contributed by atoms with Gasteiger partial charge in [0.25, 0.3) is 0 Å². The summed E-state index contributed by atoms with van der Waals surface area (Å²) in [5.74, 6) is 0. The summed E-state index contributed by atoms with van der Waals surface area (Å²) < 4.78 is 0. The Labute approximate surface area is 112 Å². The first-order chi connectivity index (χ1) is 9.22. The van der Waals surface area contributed by atoms with Gasteiger partial charge in [-0.3, -0.25) is 0 Å². The molecule has 0 saturated heterocycles. The molecule has 0 saturated carbocycles. The highest BCUT2D eigenvalue weighted by atomic mass is 16.4. The molecule has 0 aliphatic carbocycles. The van der Waals surface area contributed by atoms with Crippen molar-refractivity contribution in [2.24, 2.45) is 0 Å². The number of rotatable bonds is 3. The Morgan fingerprint density at radius 2 is 1.63 bits per heavy atom. The minimum Gasteiger partial charge on any atom is -0.423 e. The molecule has 2 rings (SSSR count). The number of hydrogen-bond donors (Lipinski definition) is 3. The van der Waals surface area contributed by atoms with Crippen LogP contribution in [0.5, 0.6) is 0 Å². The molecule has 0 unspecified atom stereocenters. The molecule has 4 nitrogen and oxygen atoms in total. The van der Waals surface area contributed by atoms with Crippen LogP contribution in [0.2, 0.25) is 0 Å². The van der Waals surface area contributed by atoms with Crippen LogP contribution < -0.4 is 5.46 Å². The van der Waals surface area contributed by atoms with Crippen molar-refractivity contribution in [1.29, 1.82) is 0 Å². The molecule has 19 heavy (non-hydrogen) atoms. The largest absolute Gasteiger partial charge is 0.488 e. The zero-order valence-corrected chi connectivity index (χ0v) is 10.4. The number of aliphatic hydroxyl groups is 1. The number of hydrogen-bond acceptors (Lipinski definition) is 4. The normalized spacial score (nSPS) is 9.42. The zero-order chi connectivity index (χ0) is 14.3. The van der Waals surface area contributed by atoms with E-state index in [4.69, 9.17) is 14.8 Å². The van der Waals surface area contributed by atoms with Gasteiger partial charge in [0.05, 0.1) is 6.61 Å². The average molecular weight is 258 g/mol. The second-order valence-electron chi connectivity index (χ2n) is 3.81. The lowest BCUT2D eigenvalue weighted by molar-refractivity contribution is -0.0979. The summed E-state index contributed by atoms with van der Waals surface area (Å²) in [7, 11) is -1.51. The van der Waals surface area contributed by atoms with Gasteiger partial charge in [0.15, 0.2) is 0 Å². The van der Waals surface area contributed by atoms with Crippen molar-refractivity contribution in [1.82, 2.24) is 0 Å². The lowest BCUT2D eigenvalue weighted by Gasteiger charge is -2.10. The van der Waals surface area contributed by atoms with Crippen molar-refractivity contribution in [3.05, 3.63) is 54.1 Å². The summed E-state index contributed by atoms with van der Waals surface area (Å²) in [6, 6.07) is 14.7. The molecule has 0 heterocycles. The van der Waals surface area contributed by atoms with Gasteiger partial charge >= 0.3 is 7.12 Å². The molecular weight excluding hydrogens is 243 g/mol. The van der Waals surface area contributed by atoms with E-state index >= 15 is 0 Å². The van der Waals surface area contributed by atoms with Crippen molar-refractivity contribution >= 4 is 19.4 Å². The predicted molar refractivity (Wildman–Crippen MR) is 74.7 cm³/mol. The first-order valence-electron chi connectivity index (χ1n) is 5.66. The molecule has 0 aliphatic rings. The van der Waals surface area contributed by atoms with Crippen molar-refractivity contribution in [3.63, 3.8) is 0 Å². The third-order valence-corrected chi connectivity index (χ3v) is 2.68. The summed E-state index contributed by atoms with van der Waals surface area (Å²) in [5.41, 5.74) is 2.96. The van der Waals surface area contributed by atoms with Crippen LogP contribution in [0.4, 0.5) is 0 Å². The van der Waals surface area contributed by atoms with E-state index in [0.717, 1.165) is 11.1 Å². The molecule has 5 heteroatoms. The lowest BCUT2D eigenvalue weighted by Crippen LogP contribution is -2.30. The average Bonchev–Trinajstić information content (AvgIpc) is 2.49. The maximum absolute atomic E-state index is 9.32. The second kappa shape index (κ2) is 7.48. The fourth-order valence-corrected chi connectivity index (χ4v) is 1.80. The number of benzene rings is 2. The number of carbonyl (C=O) groups is 1. The predicted octanol–water partition coefficient (Wildman–Crippen LogP) is 0.341. The van der Waals surface area contributed by atoms with Gasteiger partial charge in [0.2, 0.25) is 0 Å². The van der Waals surface area contributed by atoms with E-state index in [0.29, 0.717) is 11.0 Å². The van der Waals surface area contributed by atoms with Gasteiger partial charge in [0.1, 0.15) is 6.79 Å². The molecule has 2 aromatic rings.